The first-order chi connectivity index (χ1) is 8.15. The summed E-state index contributed by atoms with van der Waals surface area (Å²) >= 11 is 0. The summed E-state index contributed by atoms with van der Waals surface area (Å²) in [6.45, 7) is 6.29. The van der Waals surface area contributed by atoms with Gasteiger partial charge in [-0.05, 0) is 42.7 Å². The van der Waals surface area contributed by atoms with E-state index in [0.29, 0.717) is 5.92 Å². The van der Waals surface area contributed by atoms with Gasteiger partial charge in [0.25, 0.3) is 0 Å². The van der Waals surface area contributed by atoms with Gasteiger partial charge in [0, 0.05) is 0 Å². The van der Waals surface area contributed by atoms with Crippen molar-refractivity contribution in [1.29, 1.82) is 0 Å². The van der Waals surface area contributed by atoms with Crippen LogP contribution in [0.1, 0.15) is 36.8 Å². The maximum atomic E-state index is 5.42. The van der Waals surface area contributed by atoms with Crippen LogP contribution in [0.5, 0.6) is 0 Å². The van der Waals surface area contributed by atoms with Gasteiger partial charge >= 0.3 is 0 Å². The molecule has 1 aromatic heterocycles. The highest BCUT2D eigenvalue weighted by Crippen LogP contribution is 2.19. The topological polar surface area (TPSA) is 25.5 Å². The van der Waals surface area contributed by atoms with Crippen molar-refractivity contribution < 1.29 is 4.42 Å². The fourth-order valence-electron chi connectivity index (χ4n) is 1.61. The highest BCUT2D eigenvalue weighted by atomic mass is 16.3. The molecule has 0 spiro atoms. The Morgan fingerprint density at radius 2 is 1.76 bits per heavy atom. The molecule has 0 aliphatic carbocycles. The predicted molar refractivity (Wildman–Crippen MR) is 71.2 cm³/mol. The zero-order valence-corrected chi connectivity index (χ0v) is 10.5. The van der Waals surface area contributed by atoms with E-state index in [0.717, 1.165) is 17.2 Å². The number of hydrogen-bond acceptors (Lipinski definition) is 2. The van der Waals surface area contributed by atoms with Crippen LogP contribution in [0.2, 0.25) is 0 Å². The highest BCUT2D eigenvalue weighted by Gasteiger charge is 1.98. The van der Waals surface area contributed by atoms with E-state index >= 15 is 0 Å². The lowest BCUT2D eigenvalue weighted by Gasteiger charge is -2.04. The van der Waals surface area contributed by atoms with Crippen molar-refractivity contribution in [3.63, 3.8) is 0 Å². The van der Waals surface area contributed by atoms with E-state index in [1.165, 1.54) is 5.56 Å². The second kappa shape index (κ2) is 5.00. The van der Waals surface area contributed by atoms with Gasteiger partial charge in [0.15, 0.2) is 0 Å². The van der Waals surface area contributed by atoms with E-state index in [-0.39, 0.29) is 0 Å². The summed E-state index contributed by atoms with van der Waals surface area (Å²) in [7, 11) is 0. The maximum Gasteiger partial charge on any atom is 0.145 e. The average Bonchev–Trinajstić information content (AvgIpc) is 2.73. The zero-order valence-electron chi connectivity index (χ0n) is 10.5. The lowest BCUT2D eigenvalue weighted by Crippen LogP contribution is -1.84. The van der Waals surface area contributed by atoms with Crippen LogP contribution in [0.3, 0.4) is 0 Å². The van der Waals surface area contributed by atoms with Crippen LogP contribution in [0.25, 0.3) is 0 Å². The van der Waals surface area contributed by atoms with Crippen molar-refractivity contribution in [2.45, 2.75) is 26.7 Å². The van der Waals surface area contributed by atoms with Gasteiger partial charge in [-0.3, -0.25) is 4.99 Å². The molecule has 0 saturated heterocycles. The first kappa shape index (κ1) is 11.6. The minimum Gasteiger partial charge on any atom is -0.460 e. The normalized spacial score (nSPS) is 11.5. The van der Waals surface area contributed by atoms with Gasteiger partial charge in [-0.2, -0.15) is 0 Å². The molecule has 0 fully saturated rings. The van der Waals surface area contributed by atoms with Gasteiger partial charge in [0.1, 0.15) is 11.5 Å². The van der Waals surface area contributed by atoms with Crippen LogP contribution in [0, 0.1) is 6.92 Å². The van der Waals surface area contributed by atoms with Gasteiger partial charge in [0.05, 0.1) is 11.9 Å². The van der Waals surface area contributed by atoms with Crippen molar-refractivity contribution in [3.05, 3.63) is 53.5 Å². The summed E-state index contributed by atoms with van der Waals surface area (Å²) in [5, 5.41) is 0. The van der Waals surface area contributed by atoms with Crippen LogP contribution in [0.15, 0.2) is 45.8 Å². The van der Waals surface area contributed by atoms with Crippen LogP contribution in [-0.2, 0) is 0 Å². The fraction of sp³-hybridized carbons (Fsp3) is 0.267. The van der Waals surface area contributed by atoms with Crippen molar-refractivity contribution in [3.8, 4) is 0 Å². The van der Waals surface area contributed by atoms with E-state index in [9.17, 15) is 0 Å². The standard InChI is InChI=1S/C15H17NO/c1-11(2)13-5-7-14(8-6-13)16-10-15-9-4-12(3)17-15/h4-11H,1-3H3. The zero-order chi connectivity index (χ0) is 12.3. The molecule has 0 atom stereocenters. The summed E-state index contributed by atoms with van der Waals surface area (Å²) in [6.07, 6.45) is 1.75. The summed E-state index contributed by atoms with van der Waals surface area (Å²) in [6, 6.07) is 12.1. The molecule has 0 radical (unpaired) electrons. The van der Waals surface area contributed by atoms with Crippen molar-refractivity contribution in [2.75, 3.05) is 0 Å². The number of nitrogens with zero attached hydrogens (tertiary/aromatic N) is 1. The number of aliphatic imine (C=N–C) groups is 1. The molecular formula is C15H17NO. The van der Waals surface area contributed by atoms with Crippen molar-refractivity contribution in [2.24, 2.45) is 4.99 Å². The molecule has 2 aromatic rings. The van der Waals surface area contributed by atoms with E-state index in [2.05, 4.69) is 31.0 Å². The molecule has 0 aliphatic heterocycles. The van der Waals surface area contributed by atoms with Crippen molar-refractivity contribution >= 4 is 11.9 Å². The monoisotopic (exact) mass is 227 g/mol. The molecule has 0 N–H and O–H groups in total. The van der Waals surface area contributed by atoms with Gasteiger partial charge in [-0.25, -0.2) is 0 Å². The Morgan fingerprint density at radius 3 is 2.29 bits per heavy atom. The molecule has 88 valence electrons. The number of benzene rings is 1. The molecule has 1 aromatic carbocycles. The fourth-order valence-corrected chi connectivity index (χ4v) is 1.61. The predicted octanol–water partition coefficient (Wildman–Crippen LogP) is 4.46. The number of hydrogen-bond donors (Lipinski definition) is 0. The summed E-state index contributed by atoms with van der Waals surface area (Å²) in [4.78, 5) is 4.37. The molecule has 0 aliphatic rings. The molecule has 0 bridgehead atoms. The van der Waals surface area contributed by atoms with Crippen LogP contribution in [-0.4, -0.2) is 6.21 Å². The van der Waals surface area contributed by atoms with Crippen LogP contribution in [0.4, 0.5) is 5.69 Å². The van der Waals surface area contributed by atoms with E-state index in [1.807, 2.05) is 31.2 Å². The molecule has 0 amide bonds. The third-order valence-electron chi connectivity index (χ3n) is 2.66. The van der Waals surface area contributed by atoms with E-state index < -0.39 is 0 Å². The molecule has 2 rings (SSSR count). The Labute approximate surface area is 102 Å². The molecule has 0 saturated carbocycles. The molecule has 2 nitrogen and oxygen atoms in total. The van der Waals surface area contributed by atoms with Gasteiger partial charge in [0.2, 0.25) is 0 Å². The lowest BCUT2D eigenvalue weighted by atomic mass is 10.0. The summed E-state index contributed by atoms with van der Waals surface area (Å²) < 4.78 is 5.42. The quantitative estimate of drug-likeness (QED) is 0.710. The van der Waals surface area contributed by atoms with Crippen LogP contribution >= 0.6 is 0 Å². The second-order valence-electron chi connectivity index (χ2n) is 4.45. The Morgan fingerprint density at radius 1 is 1.06 bits per heavy atom. The first-order valence-corrected chi connectivity index (χ1v) is 5.85. The highest BCUT2D eigenvalue weighted by molar-refractivity contribution is 5.78. The molecule has 0 unspecified atom stereocenters. The number of rotatable bonds is 3. The minimum atomic E-state index is 0.556. The first-order valence-electron chi connectivity index (χ1n) is 5.85. The number of aryl methyl sites for hydroxylation is 1. The Kier molecular flexibility index (Phi) is 3.43. The molecule has 17 heavy (non-hydrogen) atoms. The third-order valence-corrected chi connectivity index (χ3v) is 2.66. The summed E-state index contributed by atoms with van der Waals surface area (Å²) in [5.41, 5.74) is 2.28. The van der Waals surface area contributed by atoms with Crippen LogP contribution < -0.4 is 0 Å². The average molecular weight is 227 g/mol. The Bertz CT molecular complexity index is 506. The number of furan rings is 1. The van der Waals surface area contributed by atoms with Crippen molar-refractivity contribution in [1.82, 2.24) is 0 Å². The van der Waals surface area contributed by atoms with Gasteiger partial charge in [-0.15, -0.1) is 0 Å². The Balaban J connectivity index is 2.11. The summed E-state index contributed by atoms with van der Waals surface area (Å²) in [5.74, 6) is 2.25. The minimum absolute atomic E-state index is 0.556. The largest absolute Gasteiger partial charge is 0.460 e. The van der Waals surface area contributed by atoms with E-state index in [1.54, 1.807) is 6.21 Å². The lowest BCUT2D eigenvalue weighted by molar-refractivity contribution is 0.528. The molecular weight excluding hydrogens is 210 g/mol. The smallest absolute Gasteiger partial charge is 0.145 e. The molecule has 1 heterocycles. The maximum absolute atomic E-state index is 5.42. The second-order valence-corrected chi connectivity index (χ2v) is 4.45. The van der Waals surface area contributed by atoms with Gasteiger partial charge in [-0.1, -0.05) is 26.0 Å². The Hall–Kier alpha value is -1.83. The van der Waals surface area contributed by atoms with E-state index in [4.69, 9.17) is 4.42 Å². The third kappa shape index (κ3) is 3.06. The molecule has 2 heteroatoms. The van der Waals surface area contributed by atoms with Gasteiger partial charge < -0.3 is 4.42 Å². The SMILES string of the molecule is Cc1ccc(C=Nc2ccc(C(C)C)cc2)o1.